The number of fused-ring (bicyclic) bond motifs is 1. The molecule has 1 N–H and O–H groups in total. The van der Waals surface area contributed by atoms with Crippen molar-refractivity contribution < 1.29 is 13.6 Å². The van der Waals surface area contributed by atoms with Crippen LogP contribution in [-0.4, -0.2) is 23.4 Å². The van der Waals surface area contributed by atoms with Crippen LogP contribution in [0.5, 0.6) is 0 Å². The Bertz CT molecular complexity index is 542. The second-order valence-corrected chi connectivity index (χ2v) is 5.50. The van der Waals surface area contributed by atoms with Crippen molar-refractivity contribution in [1.29, 1.82) is 0 Å². The number of aromatic amines is 1. The van der Waals surface area contributed by atoms with Gasteiger partial charge >= 0.3 is 7.60 Å². The molecule has 0 amide bonds. The van der Waals surface area contributed by atoms with Crippen LogP contribution < -0.4 is 5.30 Å². The number of nitrogens with zero attached hydrogens (tertiary/aromatic N) is 1. The van der Waals surface area contributed by atoms with Crippen molar-refractivity contribution in [2.75, 3.05) is 13.2 Å². The first-order chi connectivity index (χ1) is 8.19. The molecule has 1 aromatic heterocycles. The van der Waals surface area contributed by atoms with Gasteiger partial charge in [0.1, 0.15) is 0 Å². The Morgan fingerprint density at radius 1 is 1.29 bits per heavy atom. The van der Waals surface area contributed by atoms with Gasteiger partial charge in [-0.3, -0.25) is 9.66 Å². The van der Waals surface area contributed by atoms with Crippen molar-refractivity contribution in [3.63, 3.8) is 0 Å². The van der Waals surface area contributed by atoms with Gasteiger partial charge in [-0.15, -0.1) is 0 Å². The monoisotopic (exact) mass is 254 g/mol. The molecule has 17 heavy (non-hydrogen) atoms. The highest BCUT2D eigenvalue weighted by Crippen LogP contribution is 2.47. The maximum Gasteiger partial charge on any atom is 0.361 e. The summed E-state index contributed by atoms with van der Waals surface area (Å²) in [6.07, 6.45) is 1.68. The van der Waals surface area contributed by atoms with E-state index in [0.717, 1.165) is 10.9 Å². The maximum absolute atomic E-state index is 12.5. The largest absolute Gasteiger partial charge is 0.361 e. The molecule has 0 atom stereocenters. The molecule has 6 heteroatoms. The second-order valence-electron chi connectivity index (χ2n) is 3.47. The first-order valence-corrected chi connectivity index (χ1v) is 7.06. The number of rotatable bonds is 5. The highest BCUT2D eigenvalue weighted by molar-refractivity contribution is 7.62. The molecule has 2 aromatic rings. The summed E-state index contributed by atoms with van der Waals surface area (Å²) in [5.41, 5.74) is 0.897. The molecule has 0 unspecified atom stereocenters. The van der Waals surface area contributed by atoms with Gasteiger partial charge in [0.25, 0.3) is 0 Å². The quantitative estimate of drug-likeness (QED) is 0.832. The molecule has 2 rings (SSSR count). The molecule has 0 aliphatic carbocycles. The van der Waals surface area contributed by atoms with Crippen molar-refractivity contribution in [1.82, 2.24) is 10.2 Å². The van der Waals surface area contributed by atoms with Gasteiger partial charge in [-0.2, -0.15) is 5.10 Å². The van der Waals surface area contributed by atoms with Crippen LogP contribution >= 0.6 is 7.60 Å². The van der Waals surface area contributed by atoms with Gasteiger partial charge < -0.3 is 9.05 Å². The Kier molecular flexibility index (Phi) is 3.62. The SMILES string of the molecule is CCOP(=O)(OCC)c1ccc2[nH]ncc2c1. The number of nitrogens with one attached hydrogen (secondary N) is 1. The van der Waals surface area contributed by atoms with Crippen molar-refractivity contribution in [2.45, 2.75) is 13.8 Å². The van der Waals surface area contributed by atoms with E-state index in [1.165, 1.54) is 0 Å². The fourth-order valence-corrected chi connectivity index (χ4v) is 3.23. The Morgan fingerprint density at radius 3 is 2.65 bits per heavy atom. The highest BCUT2D eigenvalue weighted by atomic mass is 31.2. The number of aromatic nitrogens is 2. The van der Waals surface area contributed by atoms with Crippen molar-refractivity contribution >= 4 is 23.8 Å². The van der Waals surface area contributed by atoms with Crippen molar-refractivity contribution in [3.8, 4) is 0 Å². The second kappa shape index (κ2) is 5.00. The third kappa shape index (κ3) is 2.41. The van der Waals surface area contributed by atoms with E-state index in [0.29, 0.717) is 18.5 Å². The minimum Gasteiger partial charge on any atom is -0.305 e. The molecule has 5 nitrogen and oxygen atoms in total. The van der Waals surface area contributed by atoms with Crippen LogP contribution in [0.25, 0.3) is 10.9 Å². The van der Waals surface area contributed by atoms with E-state index in [1.54, 1.807) is 32.2 Å². The van der Waals surface area contributed by atoms with E-state index in [9.17, 15) is 4.57 Å². The van der Waals surface area contributed by atoms with E-state index in [1.807, 2.05) is 6.07 Å². The van der Waals surface area contributed by atoms with E-state index in [2.05, 4.69) is 10.2 Å². The summed E-state index contributed by atoms with van der Waals surface area (Å²) < 4.78 is 23.1. The Labute approximate surface area is 99.7 Å². The predicted molar refractivity (Wildman–Crippen MR) is 66.6 cm³/mol. The van der Waals surface area contributed by atoms with E-state index in [-0.39, 0.29) is 0 Å². The highest BCUT2D eigenvalue weighted by Gasteiger charge is 2.26. The molecule has 1 heterocycles. The van der Waals surface area contributed by atoms with Gasteiger partial charge in [0.15, 0.2) is 0 Å². The van der Waals surface area contributed by atoms with Crippen LogP contribution in [0, 0.1) is 0 Å². The number of benzene rings is 1. The molecule has 0 saturated heterocycles. The number of hydrogen-bond acceptors (Lipinski definition) is 4. The maximum atomic E-state index is 12.5. The zero-order valence-electron chi connectivity index (χ0n) is 9.84. The van der Waals surface area contributed by atoms with Crippen LogP contribution in [0.4, 0.5) is 0 Å². The summed E-state index contributed by atoms with van der Waals surface area (Å²) >= 11 is 0. The zero-order chi connectivity index (χ0) is 12.3. The molecule has 1 aromatic carbocycles. The molecular formula is C11H15N2O3P. The minimum absolute atomic E-state index is 0.348. The number of H-pyrrole nitrogens is 1. The lowest BCUT2D eigenvalue weighted by molar-refractivity contribution is 0.230. The topological polar surface area (TPSA) is 64.2 Å². The van der Waals surface area contributed by atoms with E-state index < -0.39 is 7.60 Å². The van der Waals surface area contributed by atoms with Gasteiger partial charge in [0.05, 0.1) is 30.2 Å². The van der Waals surface area contributed by atoms with Crippen LogP contribution in [0.3, 0.4) is 0 Å². The summed E-state index contributed by atoms with van der Waals surface area (Å²) in [5, 5.41) is 8.22. The van der Waals surface area contributed by atoms with Crippen LogP contribution in [-0.2, 0) is 13.6 Å². The first-order valence-electron chi connectivity index (χ1n) is 5.52. The molecular weight excluding hydrogens is 239 g/mol. The van der Waals surface area contributed by atoms with Gasteiger partial charge in [-0.05, 0) is 32.0 Å². The fourth-order valence-electron chi connectivity index (χ4n) is 1.63. The third-order valence-electron chi connectivity index (χ3n) is 2.34. The van der Waals surface area contributed by atoms with Crippen LogP contribution in [0.1, 0.15) is 13.8 Å². The minimum atomic E-state index is -3.19. The first kappa shape index (κ1) is 12.3. The zero-order valence-corrected chi connectivity index (χ0v) is 10.7. The van der Waals surface area contributed by atoms with Crippen molar-refractivity contribution in [3.05, 3.63) is 24.4 Å². The Hall–Kier alpha value is -1.16. The van der Waals surface area contributed by atoms with E-state index in [4.69, 9.17) is 9.05 Å². The molecule has 0 saturated carbocycles. The Balaban J connectivity index is 2.44. The average molecular weight is 254 g/mol. The lowest BCUT2D eigenvalue weighted by Crippen LogP contribution is -2.10. The molecule has 0 bridgehead atoms. The van der Waals surface area contributed by atoms with Gasteiger partial charge in [-0.1, -0.05) is 0 Å². The van der Waals surface area contributed by atoms with Crippen LogP contribution in [0.15, 0.2) is 24.4 Å². The van der Waals surface area contributed by atoms with Gasteiger partial charge in [0.2, 0.25) is 0 Å². The fraction of sp³-hybridized carbons (Fsp3) is 0.364. The molecule has 0 fully saturated rings. The molecule has 0 radical (unpaired) electrons. The predicted octanol–water partition coefficient (Wildman–Crippen LogP) is 2.45. The summed E-state index contributed by atoms with van der Waals surface area (Å²) in [7, 11) is -3.19. The summed E-state index contributed by atoms with van der Waals surface area (Å²) in [6, 6.07) is 5.35. The molecule has 0 aliphatic rings. The van der Waals surface area contributed by atoms with E-state index >= 15 is 0 Å². The molecule has 0 spiro atoms. The Morgan fingerprint density at radius 2 is 2.00 bits per heavy atom. The van der Waals surface area contributed by atoms with Crippen molar-refractivity contribution in [2.24, 2.45) is 0 Å². The summed E-state index contributed by atoms with van der Waals surface area (Å²) in [4.78, 5) is 0. The van der Waals surface area contributed by atoms with Gasteiger partial charge in [0, 0.05) is 5.39 Å². The van der Waals surface area contributed by atoms with Crippen LogP contribution in [0.2, 0.25) is 0 Å². The van der Waals surface area contributed by atoms with Gasteiger partial charge in [-0.25, -0.2) is 0 Å². The molecule has 0 aliphatic heterocycles. The normalized spacial score (nSPS) is 12.1. The smallest absolute Gasteiger partial charge is 0.305 e. The average Bonchev–Trinajstić information content (AvgIpc) is 2.76. The summed E-state index contributed by atoms with van der Waals surface area (Å²) in [5.74, 6) is 0. The molecule has 92 valence electrons. The standard InChI is InChI=1S/C11H15N2O3P/c1-3-15-17(14,16-4-2)10-5-6-11-9(7-10)8-12-13-11/h5-8H,3-4H2,1-2H3,(H,12,13). The summed E-state index contributed by atoms with van der Waals surface area (Å²) in [6.45, 7) is 4.28. The number of hydrogen-bond donors (Lipinski definition) is 1. The lowest BCUT2D eigenvalue weighted by Gasteiger charge is -2.16. The third-order valence-corrected chi connectivity index (χ3v) is 4.44. The lowest BCUT2D eigenvalue weighted by atomic mass is 10.3.